The van der Waals surface area contributed by atoms with Crippen LogP contribution >= 0.6 is 0 Å². The van der Waals surface area contributed by atoms with E-state index in [-0.39, 0.29) is 90.9 Å². The van der Waals surface area contributed by atoms with Gasteiger partial charge < -0.3 is 10.2 Å². The summed E-state index contributed by atoms with van der Waals surface area (Å²) in [4.78, 5) is 24.4. The van der Waals surface area contributed by atoms with Crippen molar-refractivity contribution in [3.8, 4) is 11.5 Å². The molecule has 4 nitrogen and oxygen atoms in total. The third kappa shape index (κ3) is 2.07. The molecule has 2 aromatic carbocycles. The van der Waals surface area contributed by atoms with Gasteiger partial charge in [-0.15, -0.1) is 0 Å². The van der Waals surface area contributed by atoms with E-state index in [4.69, 9.17) is 0 Å². The first kappa shape index (κ1) is 14.4. The molecule has 2 N–H and O–H groups in total. The van der Waals surface area contributed by atoms with Gasteiger partial charge in [-0.05, 0) is 12.1 Å². The Balaban J connectivity index is 0.00000133. The molecule has 0 radical (unpaired) electrons. The van der Waals surface area contributed by atoms with Gasteiger partial charge in [0, 0.05) is 11.1 Å². The summed E-state index contributed by atoms with van der Waals surface area (Å²) in [6.07, 6.45) is 0. The monoisotopic (exact) mass is 280 g/mol. The van der Waals surface area contributed by atoms with Crippen LogP contribution in [0, 0.1) is 0 Å². The fourth-order valence-corrected chi connectivity index (χ4v) is 2.21. The number of aromatic hydroxyl groups is 2. The number of hydrogen-bond donors (Lipinski definition) is 2. The van der Waals surface area contributed by atoms with E-state index in [0.29, 0.717) is 0 Å². The summed E-state index contributed by atoms with van der Waals surface area (Å²) in [5, 5.41) is 19.4. The quantitative estimate of drug-likeness (QED) is 0.607. The molecule has 0 saturated carbocycles. The van der Waals surface area contributed by atoms with Crippen molar-refractivity contribution in [3.05, 3.63) is 58.7 Å². The second-order valence-corrected chi connectivity index (χ2v) is 4.06. The van der Waals surface area contributed by atoms with Crippen LogP contribution in [0.25, 0.3) is 0 Å². The molecule has 0 heterocycles. The van der Waals surface area contributed by atoms with Gasteiger partial charge >= 0.3 is 51.4 Å². The topological polar surface area (TPSA) is 74.6 Å². The molecule has 2 aromatic rings. The maximum atomic E-state index is 12.2. The van der Waals surface area contributed by atoms with Crippen molar-refractivity contribution >= 4 is 63.0 Å². The third-order valence-corrected chi connectivity index (χ3v) is 3.03. The van der Waals surface area contributed by atoms with Crippen LogP contribution in [0.3, 0.4) is 0 Å². The Labute approximate surface area is 151 Å². The van der Waals surface area contributed by atoms with Gasteiger partial charge in [0.1, 0.15) is 11.5 Å². The average Bonchev–Trinajstić information content (AvgIpc) is 2.35. The van der Waals surface area contributed by atoms with Crippen LogP contribution in [-0.4, -0.2) is 73.2 Å². The second-order valence-electron chi connectivity index (χ2n) is 4.06. The van der Waals surface area contributed by atoms with Crippen LogP contribution in [0.5, 0.6) is 11.5 Å². The predicted octanol–water partition coefficient (Wildman–Crippen LogP) is 1.22. The number of benzene rings is 2. The molecule has 0 atom stereocenters. The standard InChI is InChI=1S/C14H8O4.K.H/c15-9-5-1-3-7-11(9)14(18)12-8(13(7)17)4-2-6-10(12)16;;/h1-6,15-16H;;. The van der Waals surface area contributed by atoms with Gasteiger partial charge in [0.25, 0.3) is 0 Å². The van der Waals surface area contributed by atoms with E-state index in [1.807, 2.05) is 0 Å². The second kappa shape index (κ2) is 5.18. The SMILES string of the molecule is O=C1c2cccc(O)c2C(=O)c2c(O)cccc21.[KH]. The Hall–Kier alpha value is -0.984. The van der Waals surface area contributed by atoms with E-state index in [1.165, 1.54) is 36.4 Å². The van der Waals surface area contributed by atoms with E-state index in [9.17, 15) is 19.8 Å². The molecule has 0 unspecified atom stereocenters. The predicted molar refractivity (Wildman–Crippen MR) is 70.2 cm³/mol. The van der Waals surface area contributed by atoms with Crippen molar-refractivity contribution in [2.45, 2.75) is 0 Å². The molecule has 0 spiro atoms. The van der Waals surface area contributed by atoms with Crippen LogP contribution in [0.2, 0.25) is 0 Å². The van der Waals surface area contributed by atoms with Gasteiger partial charge in [-0.25, -0.2) is 0 Å². The number of rotatable bonds is 0. The number of ketones is 2. The van der Waals surface area contributed by atoms with Crippen molar-refractivity contribution < 1.29 is 19.8 Å². The van der Waals surface area contributed by atoms with Crippen molar-refractivity contribution in [2.75, 3.05) is 0 Å². The van der Waals surface area contributed by atoms with E-state index < -0.39 is 5.78 Å². The molecule has 0 bridgehead atoms. The Morgan fingerprint density at radius 1 is 0.684 bits per heavy atom. The number of hydrogen-bond acceptors (Lipinski definition) is 4. The Morgan fingerprint density at radius 3 is 1.53 bits per heavy atom. The summed E-state index contributed by atoms with van der Waals surface area (Å²) < 4.78 is 0. The van der Waals surface area contributed by atoms with Gasteiger partial charge in [-0.2, -0.15) is 0 Å². The maximum absolute atomic E-state index is 12.2. The van der Waals surface area contributed by atoms with Crippen LogP contribution in [0.4, 0.5) is 0 Å². The number of phenolic OH excluding ortho intramolecular Hbond substituents is 2. The molecule has 0 amide bonds. The molecule has 0 saturated heterocycles. The zero-order chi connectivity index (χ0) is 12.9. The van der Waals surface area contributed by atoms with Gasteiger partial charge in [0.05, 0.1) is 11.1 Å². The normalized spacial score (nSPS) is 12.4. The van der Waals surface area contributed by atoms with E-state index >= 15 is 0 Å². The number of carbonyl (C=O) groups excluding carboxylic acids is 2. The molecule has 0 aliphatic heterocycles. The average molecular weight is 280 g/mol. The fourth-order valence-electron chi connectivity index (χ4n) is 2.21. The minimum absolute atomic E-state index is 0. The summed E-state index contributed by atoms with van der Waals surface area (Å²) in [5.41, 5.74) is 0.240. The zero-order valence-corrected chi connectivity index (χ0v) is 9.18. The molecule has 19 heavy (non-hydrogen) atoms. The Morgan fingerprint density at radius 2 is 1.11 bits per heavy atom. The summed E-state index contributed by atoms with van der Waals surface area (Å²) in [5.74, 6) is -1.40. The number of carbonyl (C=O) groups is 2. The summed E-state index contributed by atoms with van der Waals surface area (Å²) in [7, 11) is 0. The van der Waals surface area contributed by atoms with Gasteiger partial charge in [-0.3, -0.25) is 9.59 Å². The fraction of sp³-hybridized carbons (Fsp3) is 0. The molecule has 90 valence electrons. The number of phenols is 2. The minimum atomic E-state index is -0.532. The summed E-state index contributed by atoms with van der Waals surface area (Å²) >= 11 is 0. The molecular weight excluding hydrogens is 271 g/mol. The molecule has 5 heteroatoms. The molecule has 0 fully saturated rings. The molecule has 1 aliphatic carbocycles. The van der Waals surface area contributed by atoms with Crippen LogP contribution in [0.1, 0.15) is 31.8 Å². The Kier molecular flexibility index (Phi) is 3.94. The van der Waals surface area contributed by atoms with Crippen LogP contribution in [-0.2, 0) is 0 Å². The van der Waals surface area contributed by atoms with E-state index in [1.54, 1.807) is 0 Å². The first-order valence-electron chi connectivity index (χ1n) is 5.34. The van der Waals surface area contributed by atoms with E-state index in [0.717, 1.165) is 0 Å². The Bertz CT molecular complexity index is 649. The van der Waals surface area contributed by atoms with Crippen molar-refractivity contribution in [1.82, 2.24) is 0 Å². The summed E-state index contributed by atoms with van der Waals surface area (Å²) in [6.45, 7) is 0. The summed E-state index contributed by atoms with van der Waals surface area (Å²) in [6, 6.07) is 8.68. The van der Waals surface area contributed by atoms with Crippen molar-refractivity contribution in [1.29, 1.82) is 0 Å². The molecular formula is C14H9KO4. The molecule has 0 aromatic heterocycles. The van der Waals surface area contributed by atoms with Gasteiger partial charge in [0.15, 0.2) is 5.78 Å². The first-order valence-corrected chi connectivity index (χ1v) is 5.34. The third-order valence-electron chi connectivity index (χ3n) is 3.03. The van der Waals surface area contributed by atoms with Crippen molar-refractivity contribution in [3.63, 3.8) is 0 Å². The first-order chi connectivity index (χ1) is 8.61. The van der Waals surface area contributed by atoms with Crippen LogP contribution in [0.15, 0.2) is 36.4 Å². The number of fused-ring (bicyclic) bond motifs is 2. The van der Waals surface area contributed by atoms with Crippen LogP contribution < -0.4 is 0 Å². The van der Waals surface area contributed by atoms with E-state index in [2.05, 4.69) is 0 Å². The van der Waals surface area contributed by atoms with Crippen molar-refractivity contribution in [2.24, 2.45) is 0 Å². The molecule has 3 rings (SSSR count). The zero-order valence-electron chi connectivity index (χ0n) is 9.18. The van der Waals surface area contributed by atoms with Gasteiger partial charge in [0.2, 0.25) is 5.78 Å². The molecule has 1 aliphatic rings. The van der Waals surface area contributed by atoms with Gasteiger partial charge in [-0.1, -0.05) is 24.3 Å².